The summed E-state index contributed by atoms with van der Waals surface area (Å²) in [7, 11) is 4.24. The second-order valence-corrected chi connectivity index (χ2v) is 19.0. The monoisotopic (exact) mass is 647 g/mol. The fraction of sp³-hybridized carbons (Fsp3) is 0.919. The summed E-state index contributed by atoms with van der Waals surface area (Å²) in [5.74, 6) is -3.17. The van der Waals surface area contributed by atoms with Crippen LogP contribution in [0, 0.1) is 17.8 Å². The van der Waals surface area contributed by atoms with Crippen LogP contribution < -0.4 is 5.32 Å². The van der Waals surface area contributed by atoms with E-state index < -0.39 is 29.7 Å². The van der Waals surface area contributed by atoms with E-state index in [1.165, 1.54) is 0 Å². The fourth-order valence-corrected chi connectivity index (χ4v) is 9.55. The van der Waals surface area contributed by atoms with Gasteiger partial charge in [0.15, 0.2) is 0 Å². The highest BCUT2D eigenvalue weighted by atomic mass is 16.6. The van der Waals surface area contributed by atoms with Crippen LogP contribution in [0.3, 0.4) is 0 Å². The predicted molar refractivity (Wildman–Crippen MR) is 180 cm³/mol. The summed E-state index contributed by atoms with van der Waals surface area (Å²) in [6.45, 7) is 25.9. The van der Waals surface area contributed by atoms with Gasteiger partial charge in [-0.05, 0) is 110 Å². The van der Waals surface area contributed by atoms with Crippen LogP contribution in [0.5, 0.6) is 0 Å². The molecule has 9 heteroatoms. The van der Waals surface area contributed by atoms with Gasteiger partial charge in [0.2, 0.25) is 0 Å². The van der Waals surface area contributed by atoms with E-state index in [1.54, 1.807) is 0 Å². The molecule has 3 unspecified atom stereocenters. The van der Waals surface area contributed by atoms with Crippen LogP contribution >= 0.6 is 0 Å². The van der Waals surface area contributed by atoms with E-state index in [1.807, 2.05) is 0 Å². The number of carbonyl (C=O) groups excluding carboxylic acids is 3. The van der Waals surface area contributed by atoms with Crippen LogP contribution in [0.25, 0.3) is 0 Å². The Kier molecular flexibility index (Phi) is 9.94. The minimum Gasteiger partial charge on any atom is -0.462 e. The molecule has 0 aromatic heterocycles. The summed E-state index contributed by atoms with van der Waals surface area (Å²) >= 11 is 0. The molecule has 3 aliphatic heterocycles. The number of carbonyl (C=O) groups is 3. The van der Waals surface area contributed by atoms with Gasteiger partial charge in [0, 0.05) is 71.8 Å². The fourth-order valence-electron chi connectivity index (χ4n) is 9.55. The number of hydrogen-bond acceptors (Lipinski definition) is 9. The number of hydrogen-bond donors (Lipinski definition) is 1. The largest absolute Gasteiger partial charge is 0.462 e. The minimum atomic E-state index is -0.746. The van der Waals surface area contributed by atoms with Gasteiger partial charge in [-0.1, -0.05) is 0 Å². The second kappa shape index (κ2) is 12.3. The van der Waals surface area contributed by atoms with E-state index in [0.717, 1.165) is 12.8 Å². The van der Waals surface area contributed by atoms with Crippen molar-refractivity contribution in [1.82, 2.24) is 15.1 Å². The molecule has 0 radical (unpaired) electrons. The number of ether oxygens (including phenoxy) is 3. The lowest BCUT2D eigenvalue weighted by atomic mass is 9.78. The summed E-state index contributed by atoms with van der Waals surface area (Å²) in [6.07, 6.45) is 3.91. The molecule has 1 aliphatic carbocycles. The molecule has 0 aromatic rings. The number of piperidine rings is 3. The molecule has 4 fully saturated rings. The Labute approximate surface area is 279 Å². The van der Waals surface area contributed by atoms with Gasteiger partial charge in [-0.15, -0.1) is 0 Å². The highest BCUT2D eigenvalue weighted by molar-refractivity contribution is 5.85. The second-order valence-electron chi connectivity index (χ2n) is 19.0. The van der Waals surface area contributed by atoms with Crippen molar-refractivity contribution >= 4 is 17.9 Å². The van der Waals surface area contributed by atoms with Gasteiger partial charge in [-0.3, -0.25) is 24.2 Å². The van der Waals surface area contributed by atoms with Gasteiger partial charge in [-0.25, -0.2) is 0 Å². The average molecular weight is 648 g/mol. The zero-order chi connectivity index (χ0) is 34.8. The molecular formula is C37H65N3O6. The first-order valence-corrected chi connectivity index (χ1v) is 17.6. The normalized spacial score (nSPS) is 32.9. The van der Waals surface area contributed by atoms with Crippen LogP contribution in [-0.4, -0.2) is 93.3 Å². The lowest BCUT2D eigenvalue weighted by Crippen LogP contribution is -2.60. The van der Waals surface area contributed by atoms with Gasteiger partial charge in [0.1, 0.15) is 18.3 Å². The Morgan fingerprint density at radius 2 is 0.783 bits per heavy atom. The van der Waals surface area contributed by atoms with E-state index in [-0.39, 0.29) is 70.4 Å². The van der Waals surface area contributed by atoms with E-state index in [2.05, 4.69) is 112 Å². The molecule has 3 atom stereocenters. The summed E-state index contributed by atoms with van der Waals surface area (Å²) in [5, 5.41) is 3.64. The Morgan fingerprint density at radius 3 is 1.11 bits per heavy atom. The van der Waals surface area contributed by atoms with Gasteiger partial charge < -0.3 is 19.5 Å². The van der Waals surface area contributed by atoms with Crippen LogP contribution in [0.1, 0.15) is 134 Å². The molecule has 4 aliphatic rings. The molecule has 46 heavy (non-hydrogen) atoms. The third-order valence-corrected chi connectivity index (χ3v) is 12.0. The van der Waals surface area contributed by atoms with Crippen molar-refractivity contribution in [2.75, 3.05) is 14.1 Å². The number of nitrogens with one attached hydrogen (secondary N) is 1. The third kappa shape index (κ3) is 8.11. The molecule has 0 spiro atoms. The molecule has 0 bridgehead atoms. The number of rotatable bonds is 6. The lowest BCUT2D eigenvalue weighted by Gasteiger charge is -2.53. The summed E-state index contributed by atoms with van der Waals surface area (Å²) in [4.78, 5) is 46.4. The number of likely N-dealkylation sites (tertiary alicyclic amines) is 2. The Morgan fingerprint density at radius 1 is 0.500 bits per heavy atom. The summed E-state index contributed by atoms with van der Waals surface area (Å²) in [6, 6.07) is 0. The molecule has 264 valence electrons. The van der Waals surface area contributed by atoms with Crippen molar-refractivity contribution in [2.45, 2.75) is 186 Å². The standard InChI is InChI=1S/C37H65N3O6/c1-32(2)17-24(18-33(3,4)38-32)45-30(42)27-15-23(29(41)44-25-19-34(5,6)39(13)35(7,8)20-25)16-28(27)31(43)46-26-21-36(9,10)40(14)37(11,12)22-26/h23-28,38H,15-22H2,1-14H3. The SMILES string of the molecule is CN1C(C)(C)CC(OC(=O)C2CC(C(=O)OC3CC(C)(C)NC(C)(C)C3)C(C(=O)OC3CC(C)(C)N(C)C(C)(C)C3)C2)CC1(C)C. The molecule has 0 aromatic carbocycles. The molecule has 3 heterocycles. The smallest absolute Gasteiger partial charge is 0.310 e. The van der Waals surface area contributed by atoms with Crippen molar-refractivity contribution in [3.05, 3.63) is 0 Å². The summed E-state index contributed by atoms with van der Waals surface area (Å²) in [5.41, 5.74) is -0.971. The molecule has 1 N–H and O–H groups in total. The first-order valence-electron chi connectivity index (χ1n) is 17.6. The van der Waals surface area contributed by atoms with E-state index in [9.17, 15) is 14.4 Å². The first kappa shape index (κ1) is 37.1. The topological polar surface area (TPSA) is 97.4 Å². The third-order valence-electron chi connectivity index (χ3n) is 12.0. The van der Waals surface area contributed by atoms with Crippen LogP contribution in [-0.2, 0) is 28.6 Å². The molecule has 3 saturated heterocycles. The van der Waals surface area contributed by atoms with Gasteiger partial charge in [-0.2, -0.15) is 0 Å². The Balaban J connectivity index is 1.52. The Bertz CT molecular complexity index is 1120. The zero-order valence-corrected chi connectivity index (χ0v) is 31.5. The molecule has 9 nitrogen and oxygen atoms in total. The molecular weight excluding hydrogens is 582 g/mol. The lowest BCUT2D eigenvalue weighted by molar-refractivity contribution is -0.172. The first-order chi connectivity index (χ1) is 20.7. The molecule has 1 saturated carbocycles. The van der Waals surface area contributed by atoms with Crippen molar-refractivity contribution in [1.29, 1.82) is 0 Å². The van der Waals surface area contributed by atoms with Gasteiger partial charge in [0.25, 0.3) is 0 Å². The summed E-state index contributed by atoms with van der Waals surface area (Å²) < 4.78 is 18.6. The van der Waals surface area contributed by atoms with Crippen molar-refractivity contribution in [3.8, 4) is 0 Å². The maximum Gasteiger partial charge on any atom is 0.310 e. The van der Waals surface area contributed by atoms with E-state index in [4.69, 9.17) is 14.2 Å². The van der Waals surface area contributed by atoms with Crippen molar-refractivity contribution in [2.24, 2.45) is 17.8 Å². The highest BCUT2D eigenvalue weighted by Gasteiger charge is 2.52. The van der Waals surface area contributed by atoms with Crippen LogP contribution in [0.2, 0.25) is 0 Å². The maximum atomic E-state index is 14.0. The predicted octanol–water partition coefficient (Wildman–Crippen LogP) is 5.87. The van der Waals surface area contributed by atoms with E-state index in [0.29, 0.717) is 25.7 Å². The minimum absolute atomic E-state index is 0.132. The zero-order valence-electron chi connectivity index (χ0n) is 31.5. The maximum absolute atomic E-state index is 14.0. The van der Waals surface area contributed by atoms with Crippen LogP contribution in [0.15, 0.2) is 0 Å². The quantitative estimate of drug-likeness (QED) is 0.280. The van der Waals surface area contributed by atoms with E-state index >= 15 is 0 Å². The van der Waals surface area contributed by atoms with Crippen molar-refractivity contribution < 1.29 is 28.6 Å². The van der Waals surface area contributed by atoms with Gasteiger partial charge in [0.05, 0.1) is 17.8 Å². The number of esters is 3. The number of nitrogens with zero attached hydrogens (tertiary/aromatic N) is 2. The van der Waals surface area contributed by atoms with Gasteiger partial charge >= 0.3 is 17.9 Å². The highest BCUT2D eigenvalue weighted by Crippen LogP contribution is 2.44. The molecule has 4 rings (SSSR count). The Hall–Kier alpha value is -1.71. The van der Waals surface area contributed by atoms with Crippen molar-refractivity contribution in [3.63, 3.8) is 0 Å². The van der Waals surface area contributed by atoms with Crippen LogP contribution in [0.4, 0.5) is 0 Å². The molecule has 0 amide bonds. The average Bonchev–Trinajstić information content (AvgIpc) is 3.29.